The predicted molar refractivity (Wildman–Crippen MR) is 78.8 cm³/mol. The van der Waals surface area contributed by atoms with Gasteiger partial charge in [0.2, 0.25) is 0 Å². The largest absolute Gasteiger partial charge is 0.270 e. The van der Waals surface area contributed by atoms with E-state index >= 15 is 0 Å². The van der Waals surface area contributed by atoms with Crippen LogP contribution in [0.4, 0.5) is 0 Å². The monoisotopic (exact) mass is 316 g/mol. The van der Waals surface area contributed by atoms with Gasteiger partial charge in [0.05, 0.1) is 29.1 Å². The number of hydrogen-bond donors (Lipinski definition) is 0. The molecule has 2 aromatic heterocycles. The molecule has 0 spiro atoms. The second-order valence-electron chi connectivity index (χ2n) is 4.69. The average molecular weight is 317 g/mol. The van der Waals surface area contributed by atoms with Gasteiger partial charge in [-0.25, -0.2) is 4.98 Å². The van der Waals surface area contributed by atoms with Crippen molar-refractivity contribution in [3.05, 3.63) is 41.3 Å². The zero-order valence-electron chi connectivity index (χ0n) is 10.7. The minimum absolute atomic E-state index is 0.344. The van der Waals surface area contributed by atoms with E-state index in [9.17, 15) is 0 Å². The molecule has 0 bridgehead atoms. The van der Waals surface area contributed by atoms with E-state index < -0.39 is 0 Å². The second kappa shape index (κ2) is 4.74. The number of halogens is 1. The molecule has 0 saturated carbocycles. The predicted octanol–water partition coefficient (Wildman–Crippen LogP) is 3.84. The molecule has 0 N–H and O–H groups in total. The van der Waals surface area contributed by atoms with Crippen LogP contribution in [-0.2, 0) is 0 Å². The minimum atomic E-state index is 0.344. The molecule has 0 aliphatic rings. The maximum atomic E-state index is 4.63. The Morgan fingerprint density at radius 1 is 1.16 bits per heavy atom. The van der Waals surface area contributed by atoms with Crippen LogP contribution in [0.5, 0.6) is 0 Å². The van der Waals surface area contributed by atoms with Gasteiger partial charge >= 0.3 is 0 Å². The average Bonchev–Trinajstić information content (AvgIpc) is 2.87. The molecule has 0 aliphatic carbocycles. The zero-order chi connectivity index (χ0) is 13.4. The van der Waals surface area contributed by atoms with Gasteiger partial charge < -0.3 is 0 Å². The Labute approximate surface area is 119 Å². The topological polar surface area (TPSA) is 43.6 Å². The van der Waals surface area contributed by atoms with Gasteiger partial charge in [0.25, 0.3) is 0 Å². The zero-order valence-corrected chi connectivity index (χ0v) is 12.3. The van der Waals surface area contributed by atoms with Crippen molar-refractivity contribution >= 4 is 27.0 Å². The lowest BCUT2D eigenvalue weighted by Crippen LogP contribution is -1.99. The number of benzene rings is 1. The van der Waals surface area contributed by atoms with Crippen molar-refractivity contribution in [1.82, 2.24) is 19.7 Å². The fourth-order valence-corrected chi connectivity index (χ4v) is 2.23. The summed E-state index contributed by atoms with van der Waals surface area (Å²) < 4.78 is 2.92. The van der Waals surface area contributed by atoms with E-state index in [4.69, 9.17) is 0 Å². The fraction of sp³-hybridized carbons (Fsp3) is 0.214. The maximum Gasteiger partial charge on any atom is 0.0924 e. The molecule has 0 aliphatic heterocycles. The Kier molecular flexibility index (Phi) is 3.06. The van der Waals surface area contributed by atoms with Crippen LogP contribution < -0.4 is 0 Å². The number of hydrogen-bond acceptors (Lipinski definition) is 3. The molecule has 5 heteroatoms. The smallest absolute Gasteiger partial charge is 0.0924 e. The molecule has 2 heterocycles. The SMILES string of the molecule is CC(C)n1cc(-c2cnc3ccc(Br)cc3n2)cn1. The van der Waals surface area contributed by atoms with Crippen LogP contribution in [0.2, 0.25) is 0 Å². The molecule has 0 fully saturated rings. The summed E-state index contributed by atoms with van der Waals surface area (Å²) in [5.74, 6) is 0. The maximum absolute atomic E-state index is 4.63. The number of fused-ring (bicyclic) bond motifs is 1. The first-order valence-electron chi connectivity index (χ1n) is 6.10. The van der Waals surface area contributed by atoms with Gasteiger partial charge in [-0.2, -0.15) is 5.10 Å². The first-order chi connectivity index (χ1) is 9.13. The van der Waals surface area contributed by atoms with E-state index in [1.165, 1.54) is 0 Å². The molecule has 3 rings (SSSR count). The molecule has 0 saturated heterocycles. The van der Waals surface area contributed by atoms with Crippen molar-refractivity contribution in [2.75, 3.05) is 0 Å². The summed E-state index contributed by atoms with van der Waals surface area (Å²) in [7, 11) is 0. The van der Waals surface area contributed by atoms with E-state index in [1.54, 1.807) is 6.20 Å². The third kappa shape index (κ3) is 2.38. The summed E-state index contributed by atoms with van der Waals surface area (Å²) in [6.07, 6.45) is 5.62. The van der Waals surface area contributed by atoms with Crippen LogP contribution in [0, 0.1) is 0 Å². The first-order valence-corrected chi connectivity index (χ1v) is 6.89. The van der Waals surface area contributed by atoms with Crippen LogP contribution in [0.15, 0.2) is 41.3 Å². The quantitative estimate of drug-likeness (QED) is 0.721. The summed E-state index contributed by atoms with van der Waals surface area (Å²) in [5, 5.41) is 4.33. The minimum Gasteiger partial charge on any atom is -0.270 e. The number of nitrogens with zero attached hydrogens (tertiary/aromatic N) is 4. The van der Waals surface area contributed by atoms with E-state index in [2.05, 4.69) is 44.8 Å². The Morgan fingerprint density at radius 2 is 2.00 bits per heavy atom. The Bertz CT molecular complexity index is 733. The number of aromatic nitrogens is 4. The van der Waals surface area contributed by atoms with E-state index in [0.717, 1.165) is 26.8 Å². The highest BCUT2D eigenvalue weighted by molar-refractivity contribution is 9.10. The molecular formula is C14H13BrN4. The van der Waals surface area contributed by atoms with Crippen LogP contribution in [0.25, 0.3) is 22.3 Å². The molecule has 1 aromatic carbocycles. The van der Waals surface area contributed by atoms with E-state index in [1.807, 2.05) is 35.3 Å². The molecule has 0 unspecified atom stereocenters. The molecule has 3 aromatic rings. The van der Waals surface area contributed by atoms with E-state index in [-0.39, 0.29) is 0 Å². The highest BCUT2D eigenvalue weighted by Crippen LogP contribution is 2.21. The van der Waals surface area contributed by atoms with Gasteiger partial charge in [0.1, 0.15) is 0 Å². The van der Waals surface area contributed by atoms with Gasteiger partial charge in [-0.05, 0) is 32.0 Å². The van der Waals surface area contributed by atoms with Crippen molar-refractivity contribution in [3.8, 4) is 11.3 Å². The van der Waals surface area contributed by atoms with Crippen molar-refractivity contribution < 1.29 is 0 Å². The van der Waals surface area contributed by atoms with Crippen LogP contribution >= 0.6 is 15.9 Å². The molecule has 0 amide bonds. The van der Waals surface area contributed by atoms with Gasteiger partial charge in [0, 0.05) is 22.3 Å². The summed E-state index contributed by atoms with van der Waals surface area (Å²) in [5.41, 5.74) is 3.60. The highest BCUT2D eigenvalue weighted by atomic mass is 79.9. The first kappa shape index (κ1) is 12.3. The number of rotatable bonds is 2. The van der Waals surface area contributed by atoms with Gasteiger partial charge in [-0.3, -0.25) is 9.67 Å². The lowest BCUT2D eigenvalue weighted by molar-refractivity contribution is 0.532. The Morgan fingerprint density at radius 3 is 2.74 bits per heavy atom. The molecular weight excluding hydrogens is 304 g/mol. The van der Waals surface area contributed by atoms with Gasteiger partial charge in [0.15, 0.2) is 0 Å². The second-order valence-corrected chi connectivity index (χ2v) is 5.61. The lowest BCUT2D eigenvalue weighted by Gasteiger charge is -2.03. The van der Waals surface area contributed by atoms with Crippen molar-refractivity contribution in [3.63, 3.8) is 0 Å². The van der Waals surface area contributed by atoms with Crippen molar-refractivity contribution in [1.29, 1.82) is 0 Å². The van der Waals surface area contributed by atoms with Crippen LogP contribution in [0.1, 0.15) is 19.9 Å². The van der Waals surface area contributed by atoms with Gasteiger partial charge in [-0.1, -0.05) is 15.9 Å². The highest BCUT2D eigenvalue weighted by Gasteiger charge is 2.07. The van der Waals surface area contributed by atoms with Crippen LogP contribution in [0.3, 0.4) is 0 Å². The summed E-state index contributed by atoms with van der Waals surface area (Å²) in [6, 6.07) is 6.23. The third-order valence-electron chi connectivity index (χ3n) is 2.93. The van der Waals surface area contributed by atoms with E-state index in [0.29, 0.717) is 6.04 Å². The molecule has 4 nitrogen and oxygen atoms in total. The summed E-state index contributed by atoms with van der Waals surface area (Å²) in [4.78, 5) is 9.07. The normalized spacial score (nSPS) is 11.4. The molecule has 96 valence electrons. The van der Waals surface area contributed by atoms with Crippen LogP contribution in [-0.4, -0.2) is 19.7 Å². The van der Waals surface area contributed by atoms with Gasteiger partial charge in [-0.15, -0.1) is 0 Å². The van der Waals surface area contributed by atoms with Crippen molar-refractivity contribution in [2.45, 2.75) is 19.9 Å². The molecule has 19 heavy (non-hydrogen) atoms. The third-order valence-corrected chi connectivity index (χ3v) is 3.42. The Hall–Kier alpha value is -1.75. The lowest BCUT2D eigenvalue weighted by atomic mass is 10.2. The van der Waals surface area contributed by atoms with Crippen molar-refractivity contribution in [2.24, 2.45) is 0 Å². The Balaban J connectivity index is 2.08. The molecule has 0 atom stereocenters. The standard InChI is InChI=1S/C14H13BrN4/c1-9(2)19-8-10(6-17-19)14-7-16-12-4-3-11(15)5-13(12)18-14/h3-9H,1-2H3. The summed E-state index contributed by atoms with van der Waals surface area (Å²) in [6.45, 7) is 4.19. The summed E-state index contributed by atoms with van der Waals surface area (Å²) >= 11 is 3.45. The fourth-order valence-electron chi connectivity index (χ4n) is 1.88. The molecule has 0 radical (unpaired) electrons.